The number of piperazine rings is 1. The van der Waals surface area contributed by atoms with Crippen LogP contribution in [-0.4, -0.2) is 74.3 Å². The van der Waals surface area contributed by atoms with Crippen LogP contribution in [-0.2, 0) is 10.2 Å². The highest BCUT2D eigenvalue weighted by Crippen LogP contribution is 2.22. The van der Waals surface area contributed by atoms with Crippen LogP contribution < -0.4 is 5.73 Å². The van der Waals surface area contributed by atoms with Crippen LogP contribution in [0.15, 0.2) is 0 Å². The van der Waals surface area contributed by atoms with E-state index in [1.807, 2.05) is 7.05 Å². The highest BCUT2D eigenvalue weighted by molar-refractivity contribution is 7.86. The third kappa shape index (κ3) is 3.28. The molecule has 0 spiro atoms. The molecule has 1 atom stereocenters. The fourth-order valence-electron chi connectivity index (χ4n) is 2.76. The molecule has 2 aliphatic rings. The third-order valence-corrected chi connectivity index (χ3v) is 6.48. The minimum atomic E-state index is -3.27. The molecule has 19 heavy (non-hydrogen) atoms. The van der Waals surface area contributed by atoms with Crippen molar-refractivity contribution in [3.05, 3.63) is 0 Å². The van der Waals surface area contributed by atoms with Gasteiger partial charge < -0.3 is 10.6 Å². The predicted octanol–water partition coefficient (Wildman–Crippen LogP) is -0.462. The Kier molecular flexibility index (Phi) is 4.84. The first kappa shape index (κ1) is 15.2. The molecule has 112 valence electrons. The summed E-state index contributed by atoms with van der Waals surface area (Å²) in [4.78, 5) is 2.20. The van der Waals surface area contributed by atoms with Crippen molar-refractivity contribution in [1.82, 2.24) is 13.5 Å². The first-order valence-electron chi connectivity index (χ1n) is 7.10. The third-order valence-electron chi connectivity index (χ3n) is 4.48. The molecule has 0 aromatic heterocycles. The lowest BCUT2D eigenvalue weighted by Crippen LogP contribution is -2.56. The summed E-state index contributed by atoms with van der Waals surface area (Å²) in [6.45, 7) is 5.97. The Bertz CT molecular complexity index is 393. The van der Waals surface area contributed by atoms with Gasteiger partial charge in [-0.2, -0.15) is 17.0 Å². The molecule has 2 N–H and O–H groups in total. The number of nitrogens with two attached hydrogens (primary N) is 1. The minimum Gasteiger partial charge on any atom is -0.330 e. The lowest BCUT2D eigenvalue weighted by Gasteiger charge is -2.40. The van der Waals surface area contributed by atoms with E-state index >= 15 is 0 Å². The fraction of sp³-hybridized carbons (Fsp3) is 1.00. The van der Waals surface area contributed by atoms with Gasteiger partial charge in [-0.25, -0.2) is 0 Å². The molecule has 2 rings (SSSR count). The standard InChI is InChI=1S/C12H26N4O2S/c1-11-10-16(8-7-14(11)2)19(17,18)15-5-3-12(9-13)4-6-15/h11-12H,3-10,13H2,1-2H3. The highest BCUT2D eigenvalue weighted by atomic mass is 32.2. The smallest absolute Gasteiger partial charge is 0.282 e. The van der Waals surface area contributed by atoms with Crippen LogP contribution in [0.25, 0.3) is 0 Å². The van der Waals surface area contributed by atoms with Gasteiger partial charge in [0.25, 0.3) is 10.2 Å². The van der Waals surface area contributed by atoms with Crippen molar-refractivity contribution in [3.8, 4) is 0 Å². The molecule has 6 nitrogen and oxygen atoms in total. The van der Waals surface area contributed by atoms with Gasteiger partial charge in [0.15, 0.2) is 0 Å². The van der Waals surface area contributed by atoms with Crippen molar-refractivity contribution < 1.29 is 8.42 Å². The molecule has 2 heterocycles. The lowest BCUT2D eigenvalue weighted by molar-refractivity contribution is 0.150. The Morgan fingerprint density at radius 2 is 1.74 bits per heavy atom. The van der Waals surface area contributed by atoms with Crippen LogP contribution >= 0.6 is 0 Å². The molecule has 0 saturated carbocycles. The molecule has 2 saturated heterocycles. The first-order chi connectivity index (χ1) is 8.95. The summed E-state index contributed by atoms with van der Waals surface area (Å²) in [6, 6.07) is 0.283. The maximum absolute atomic E-state index is 12.6. The van der Waals surface area contributed by atoms with Gasteiger partial charge in [0, 0.05) is 38.8 Å². The van der Waals surface area contributed by atoms with E-state index in [-0.39, 0.29) is 6.04 Å². The predicted molar refractivity (Wildman–Crippen MR) is 75.9 cm³/mol. The first-order valence-corrected chi connectivity index (χ1v) is 8.50. The van der Waals surface area contributed by atoms with Gasteiger partial charge in [-0.1, -0.05) is 0 Å². The minimum absolute atomic E-state index is 0.283. The normalized spacial score (nSPS) is 29.7. The number of likely N-dealkylation sites (N-methyl/N-ethyl adjacent to an activating group) is 1. The van der Waals surface area contributed by atoms with Crippen molar-refractivity contribution in [2.45, 2.75) is 25.8 Å². The van der Waals surface area contributed by atoms with Gasteiger partial charge in [-0.3, -0.25) is 0 Å². The van der Waals surface area contributed by atoms with Crippen LogP contribution in [0.5, 0.6) is 0 Å². The topological polar surface area (TPSA) is 69.9 Å². The lowest BCUT2D eigenvalue weighted by atomic mass is 9.99. The molecule has 0 aromatic rings. The molecular formula is C12H26N4O2S. The molecule has 0 bridgehead atoms. The van der Waals surface area contributed by atoms with Gasteiger partial charge in [-0.05, 0) is 39.3 Å². The van der Waals surface area contributed by atoms with Crippen molar-refractivity contribution in [2.75, 3.05) is 46.3 Å². The number of hydrogen-bond acceptors (Lipinski definition) is 4. The maximum Gasteiger partial charge on any atom is 0.282 e. The average molecular weight is 290 g/mol. The Morgan fingerprint density at radius 3 is 2.26 bits per heavy atom. The van der Waals surface area contributed by atoms with Crippen LogP contribution in [0.3, 0.4) is 0 Å². The molecule has 2 fully saturated rings. The Morgan fingerprint density at radius 1 is 1.11 bits per heavy atom. The summed E-state index contributed by atoms with van der Waals surface area (Å²) in [5.41, 5.74) is 5.65. The number of rotatable bonds is 3. The van der Waals surface area contributed by atoms with Crippen molar-refractivity contribution in [2.24, 2.45) is 11.7 Å². The molecule has 0 aliphatic carbocycles. The quantitative estimate of drug-likeness (QED) is 0.763. The number of piperidine rings is 1. The van der Waals surface area contributed by atoms with Gasteiger partial charge in [0.1, 0.15) is 0 Å². The van der Waals surface area contributed by atoms with Crippen LogP contribution in [0, 0.1) is 5.92 Å². The Hall–Kier alpha value is -0.210. The summed E-state index contributed by atoms with van der Waals surface area (Å²) >= 11 is 0. The summed E-state index contributed by atoms with van der Waals surface area (Å²) < 4.78 is 28.5. The molecule has 0 amide bonds. The van der Waals surface area contributed by atoms with Crippen LogP contribution in [0.4, 0.5) is 0 Å². The summed E-state index contributed by atoms with van der Waals surface area (Å²) in [5, 5.41) is 0. The van der Waals surface area contributed by atoms with Gasteiger partial charge in [-0.15, -0.1) is 0 Å². The summed E-state index contributed by atoms with van der Waals surface area (Å²) in [6.07, 6.45) is 1.78. The van der Waals surface area contributed by atoms with Gasteiger partial charge >= 0.3 is 0 Å². The number of hydrogen-bond donors (Lipinski definition) is 1. The Labute approximate surface area is 116 Å². The maximum atomic E-state index is 12.6. The second kappa shape index (κ2) is 6.05. The fourth-order valence-corrected chi connectivity index (χ4v) is 4.48. The second-order valence-electron chi connectivity index (χ2n) is 5.77. The van der Waals surface area contributed by atoms with Crippen molar-refractivity contribution in [3.63, 3.8) is 0 Å². The van der Waals surface area contributed by atoms with E-state index in [2.05, 4.69) is 11.8 Å². The molecule has 2 aliphatic heterocycles. The van der Waals surface area contributed by atoms with Crippen LogP contribution in [0.2, 0.25) is 0 Å². The van der Waals surface area contributed by atoms with Crippen molar-refractivity contribution >= 4 is 10.2 Å². The van der Waals surface area contributed by atoms with E-state index in [0.717, 1.165) is 19.4 Å². The van der Waals surface area contributed by atoms with E-state index in [4.69, 9.17) is 5.73 Å². The SMILES string of the molecule is CC1CN(S(=O)(=O)N2CCC(CN)CC2)CCN1C. The summed E-state index contributed by atoms with van der Waals surface area (Å²) in [7, 11) is -1.23. The van der Waals surface area contributed by atoms with E-state index in [0.29, 0.717) is 38.6 Å². The molecule has 1 unspecified atom stereocenters. The monoisotopic (exact) mass is 290 g/mol. The van der Waals surface area contributed by atoms with Gasteiger partial charge in [0.05, 0.1) is 0 Å². The molecule has 0 aromatic carbocycles. The largest absolute Gasteiger partial charge is 0.330 e. The second-order valence-corrected chi connectivity index (χ2v) is 7.70. The van der Waals surface area contributed by atoms with Crippen LogP contribution in [0.1, 0.15) is 19.8 Å². The molecular weight excluding hydrogens is 264 g/mol. The molecule has 7 heteroatoms. The highest BCUT2D eigenvalue weighted by Gasteiger charge is 2.35. The van der Waals surface area contributed by atoms with E-state index in [1.165, 1.54) is 0 Å². The molecule has 0 radical (unpaired) electrons. The van der Waals surface area contributed by atoms with Crippen molar-refractivity contribution in [1.29, 1.82) is 0 Å². The van der Waals surface area contributed by atoms with E-state index in [9.17, 15) is 8.42 Å². The summed E-state index contributed by atoms with van der Waals surface area (Å²) in [5.74, 6) is 0.484. The Balaban J connectivity index is 1.99. The van der Waals surface area contributed by atoms with E-state index in [1.54, 1.807) is 8.61 Å². The zero-order chi connectivity index (χ0) is 14.0. The number of nitrogens with zero attached hydrogens (tertiary/aromatic N) is 3. The zero-order valence-electron chi connectivity index (χ0n) is 12.0. The van der Waals surface area contributed by atoms with E-state index < -0.39 is 10.2 Å². The average Bonchev–Trinajstić information content (AvgIpc) is 2.41. The zero-order valence-corrected chi connectivity index (χ0v) is 12.8. The van der Waals surface area contributed by atoms with Gasteiger partial charge in [0.2, 0.25) is 0 Å².